The molecule has 106 valence electrons. The molecule has 0 aliphatic carbocycles. The molecule has 20 heavy (non-hydrogen) atoms. The minimum atomic E-state index is 0.527. The number of anilines is 1. The van der Waals surface area contributed by atoms with Crippen molar-refractivity contribution < 1.29 is 4.74 Å². The Hall–Kier alpha value is -2.10. The van der Waals surface area contributed by atoms with Gasteiger partial charge in [-0.3, -0.25) is 4.98 Å². The fourth-order valence-corrected chi connectivity index (χ4v) is 1.75. The van der Waals surface area contributed by atoms with Crippen molar-refractivity contribution in [2.24, 2.45) is 5.92 Å². The van der Waals surface area contributed by atoms with E-state index in [1.54, 1.807) is 12.4 Å². The molecule has 1 aromatic carbocycles. The van der Waals surface area contributed by atoms with E-state index in [-0.39, 0.29) is 0 Å². The van der Waals surface area contributed by atoms with Gasteiger partial charge in [0.25, 0.3) is 0 Å². The maximum Gasteiger partial charge on any atom is 0.145 e. The average molecular weight is 271 g/mol. The van der Waals surface area contributed by atoms with Gasteiger partial charge < -0.3 is 10.1 Å². The van der Waals surface area contributed by atoms with Crippen molar-refractivity contribution in [2.75, 3.05) is 11.9 Å². The molecule has 0 amide bonds. The Bertz CT molecular complexity index is 555. The summed E-state index contributed by atoms with van der Waals surface area (Å²) < 4.78 is 5.72. The van der Waals surface area contributed by atoms with Crippen LogP contribution in [0.1, 0.15) is 25.1 Å². The van der Waals surface area contributed by atoms with Gasteiger partial charge in [-0.1, -0.05) is 26.0 Å². The zero-order valence-electron chi connectivity index (χ0n) is 12.3. The van der Waals surface area contributed by atoms with Crippen molar-refractivity contribution in [1.29, 1.82) is 0 Å². The molecule has 4 heteroatoms. The monoisotopic (exact) mass is 271 g/mol. The number of ether oxygens (including phenoxy) is 1. The van der Waals surface area contributed by atoms with Crippen LogP contribution in [0.25, 0.3) is 0 Å². The lowest BCUT2D eigenvalue weighted by Gasteiger charge is -2.10. The second-order valence-electron chi connectivity index (χ2n) is 5.25. The van der Waals surface area contributed by atoms with Crippen LogP contribution < -0.4 is 10.1 Å². The van der Waals surface area contributed by atoms with Crippen LogP contribution in [0, 0.1) is 12.8 Å². The molecule has 1 aromatic heterocycles. The fraction of sp³-hybridized carbons (Fsp3) is 0.375. The molecule has 2 aromatic rings. The van der Waals surface area contributed by atoms with Crippen molar-refractivity contribution in [1.82, 2.24) is 9.97 Å². The normalized spacial score (nSPS) is 10.6. The Kier molecular flexibility index (Phi) is 4.93. The van der Waals surface area contributed by atoms with Crippen molar-refractivity contribution in [2.45, 2.75) is 27.3 Å². The molecule has 4 nitrogen and oxygen atoms in total. The van der Waals surface area contributed by atoms with Gasteiger partial charge in [0.15, 0.2) is 0 Å². The molecule has 1 heterocycles. The molecule has 0 aliphatic heterocycles. The zero-order chi connectivity index (χ0) is 14.4. The number of hydrogen-bond acceptors (Lipinski definition) is 4. The van der Waals surface area contributed by atoms with Gasteiger partial charge in [0.2, 0.25) is 0 Å². The molecule has 1 N–H and O–H groups in total. The quantitative estimate of drug-likeness (QED) is 0.874. The van der Waals surface area contributed by atoms with Crippen molar-refractivity contribution >= 4 is 5.82 Å². The Morgan fingerprint density at radius 2 is 2.10 bits per heavy atom. The second-order valence-corrected chi connectivity index (χ2v) is 5.25. The summed E-state index contributed by atoms with van der Waals surface area (Å²) in [4.78, 5) is 8.48. The predicted octanol–water partition coefficient (Wildman–Crippen LogP) is 3.43. The molecule has 0 bridgehead atoms. The summed E-state index contributed by atoms with van der Waals surface area (Å²) in [5.41, 5.74) is 2.07. The largest absolute Gasteiger partial charge is 0.493 e. The number of aryl methyl sites for hydroxylation is 1. The van der Waals surface area contributed by atoms with Gasteiger partial charge in [0.1, 0.15) is 11.6 Å². The third-order valence-corrected chi connectivity index (χ3v) is 2.71. The van der Waals surface area contributed by atoms with E-state index in [0.717, 1.165) is 29.4 Å². The Morgan fingerprint density at radius 3 is 2.85 bits per heavy atom. The summed E-state index contributed by atoms with van der Waals surface area (Å²) in [6.07, 6.45) is 3.47. The Labute approximate surface area is 120 Å². The van der Waals surface area contributed by atoms with Gasteiger partial charge in [-0.25, -0.2) is 4.98 Å². The number of nitrogens with zero attached hydrogens (tertiary/aromatic N) is 2. The number of hydrogen-bond donors (Lipinski definition) is 1. The summed E-state index contributed by atoms with van der Waals surface area (Å²) in [7, 11) is 0. The number of aromatic nitrogens is 2. The van der Waals surface area contributed by atoms with Crippen molar-refractivity contribution in [3.05, 3.63) is 47.9 Å². The molecule has 0 fully saturated rings. The highest BCUT2D eigenvalue weighted by Crippen LogP contribution is 2.15. The van der Waals surface area contributed by atoms with Crippen molar-refractivity contribution in [3.8, 4) is 5.75 Å². The Morgan fingerprint density at radius 1 is 1.25 bits per heavy atom. The smallest absolute Gasteiger partial charge is 0.145 e. The highest BCUT2D eigenvalue weighted by Gasteiger charge is 2.00. The van der Waals surface area contributed by atoms with E-state index in [0.29, 0.717) is 12.5 Å². The molecule has 0 unspecified atom stereocenters. The molecule has 0 spiro atoms. The third-order valence-electron chi connectivity index (χ3n) is 2.71. The van der Waals surface area contributed by atoms with Gasteiger partial charge in [-0.05, 0) is 30.5 Å². The molecular weight excluding hydrogens is 250 g/mol. The van der Waals surface area contributed by atoms with Crippen LogP contribution in [0.3, 0.4) is 0 Å². The highest BCUT2D eigenvalue weighted by atomic mass is 16.5. The molecule has 0 saturated heterocycles. The molecular formula is C16H21N3O. The van der Waals surface area contributed by atoms with E-state index in [9.17, 15) is 0 Å². The second kappa shape index (κ2) is 6.89. The number of benzene rings is 1. The summed E-state index contributed by atoms with van der Waals surface area (Å²) >= 11 is 0. The van der Waals surface area contributed by atoms with E-state index in [4.69, 9.17) is 4.74 Å². The van der Waals surface area contributed by atoms with E-state index >= 15 is 0 Å². The highest BCUT2D eigenvalue weighted by molar-refractivity contribution is 5.35. The lowest BCUT2D eigenvalue weighted by Crippen LogP contribution is -2.06. The fourth-order valence-electron chi connectivity index (χ4n) is 1.75. The van der Waals surface area contributed by atoms with E-state index in [1.165, 1.54) is 0 Å². The van der Waals surface area contributed by atoms with Gasteiger partial charge in [0, 0.05) is 12.7 Å². The Balaban J connectivity index is 1.94. The first-order valence-corrected chi connectivity index (χ1v) is 6.88. The summed E-state index contributed by atoms with van der Waals surface area (Å²) in [5.74, 6) is 2.23. The average Bonchev–Trinajstić information content (AvgIpc) is 2.43. The molecule has 0 radical (unpaired) electrons. The van der Waals surface area contributed by atoms with Crippen LogP contribution in [-0.4, -0.2) is 16.6 Å². The summed E-state index contributed by atoms with van der Waals surface area (Å²) in [6.45, 7) is 7.65. The maximum atomic E-state index is 5.72. The first-order chi connectivity index (χ1) is 9.63. The summed E-state index contributed by atoms with van der Waals surface area (Å²) in [6, 6.07) is 8.12. The maximum absolute atomic E-state index is 5.72. The predicted molar refractivity (Wildman–Crippen MR) is 80.9 cm³/mol. The van der Waals surface area contributed by atoms with Gasteiger partial charge in [-0.2, -0.15) is 0 Å². The number of nitrogens with one attached hydrogen (secondary N) is 1. The van der Waals surface area contributed by atoms with Crippen LogP contribution in [0.15, 0.2) is 36.7 Å². The first kappa shape index (κ1) is 14.3. The van der Waals surface area contributed by atoms with Crippen molar-refractivity contribution in [3.63, 3.8) is 0 Å². The van der Waals surface area contributed by atoms with Crippen LogP contribution in [-0.2, 0) is 6.54 Å². The molecule has 0 aliphatic rings. The van der Waals surface area contributed by atoms with E-state index in [2.05, 4.69) is 41.3 Å². The lowest BCUT2D eigenvalue weighted by atomic mass is 10.2. The minimum absolute atomic E-state index is 0.527. The molecule has 0 atom stereocenters. The van der Waals surface area contributed by atoms with Crippen LogP contribution in [0.2, 0.25) is 0 Å². The SMILES string of the molecule is Cc1cncc(NCc2cccc(OCC(C)C)c2)n1. The van der Waals surface area contributed by atoms with E-state index in [1.807, 2.05) is 19.1 Å². The third kappa shape index (κ3) is 4.53. The van der Waals surface area contributed by atoms with E-state index < -0.39 is 0 Å². The van der Waals surface area contributed by atoms with Crippen LogP contribution >= 0.6 is 0 Å². The molecule has 0 saturated carbocycles. The zero-order valence-corrected chi connectivity index (χ0v) is 12.3. The van der Waals surface area contributed by atoms with Gasteiger partial charge >= 0.3 is 0 Å². The minimum Gasteiger partial charge on any atom is -0.493 e. The lowest BCUT2D eigenvalue weighted by molar-refractivity contribution is 0.271. The standard InChI is InChI=1S/C16H21N3O/c1-12(2)11-20-15-6-4-5-14(7-15)9-18-16-10-17-8-13(3)19-16/h4-8,10,12H,9,11H2,1-3H3,(H,18,19). The number of rotatable bonds is 6. The summed E-state index contributed by atoms with van der Waals surface area (Å²) in [5, 5.41) is 3.26. The van der Waals surface area contributed by atoms with Crippen LogP contribution in [0.5, 0.6) is 5.75 Å². The topological polar surface area (TPSA) is 47.0 Å². The van der Waals surface area contributed by atoms with Gasteiger partial charge in [0.05, 0.1) is 18.5 Å². The first-order valence-electron chi connectivity index (χ1n) is 6.88. The van der Waals surface area contributed by atoms with Crippen LogP contribution in [0.4, 0.5) is 5.82 Å². The van der Waals surface area contributed by atoms with Gasteiger partial charge in [-0.15, -0.1) is 0 Å². The molecule has 2 rings (SSSR count).